The van der Waals surface area contributed by atoms with Crippen molar-refractivity contribution in [1.29, 1.82) is 0 Å². The van der Waals surface area contributed by atoms with Gasteiger partial charge >= 0.3 is 6.09 Å². The number of halogens is 3. The number of nitrogens with two attached hydrogens (primary N) is 1. The van der Waals surface area contributed by atoms with Crippen LogP contribution in [0.25, 0.3) is 11.4 Å². The number of nitrogens with one attached hydrogen (secondary N) is 2. The zero-order valence-corrected chi connectivity index (χ0v) is 21.2. The summed E-state index contributed by atoms with van der Waals surface area (Å²) >= 11 is 0. The molecule has 1 fully saturated rings. The van der Waals surface area contributed by atoms with Gasteiger partial charge in [0.05, 0.1) is 22.5 Å². The van der Waals surface area contributed by atoms with Crippen LogP contribution in [0.15, 0.2) is 24.4 Å². The lowest BCUT2D eigenvalue weighted by atomic mass is 9.65. The molecular formula is C24H27F3N8O3. The Hall–Kier alpha value is -4.07. The first kappa shape index (κ1) is 27.0. The molecule has 3 heterocycles. The van der Waals surface area contributed by atoms with Crippen LogP contribution in [0.4, 0.5) is 29.5 Å². The van der Waals surface area contributed by atoms with Gasteiger partial charge < -0.3 is 15.8 Å². The maximum absolute atomic E-state index is 14.1. The molecule has 0 spiro atoms. The molecule has 1 aliphatic rings. The molecule has 14 heteroatoms. The third-order valence-electron chi connectivity index (χ3n) is 6.42. The summed E-state index contributed by atoms with van der Waals surface area (Å²) in [6.45, 7) is 4.67. The highest BCUT2D eigenvalue weighted by molar-refractivity contribution is 5.97. The second-order valence-corrected chi connectivity index (χ2v) is 9.45. The van der Waals surface area contributed by atoms with Crippen molar-refractivity contribution in [2.75, 3.05) is 17.2 Å². The fourth-order valence-corrected chi connectivity index (χ4v) is 4.30. The zero-order chi connectivity index (χ0) is 27.8. The predicted octanol–water partition coefficient (Wildman–Crippen LogP) is 3.65. The summed E-state index contributed by atoms with van der Waals surface area (Å²) in [5.74, 6) is -4.09. The summed E-state index contributed by atoms with van der Waals surface area (Å²) in [6.07, 6.45) is -1.66. The molecule has 0 aliphatic heterocycles. The number of ether oxygens (including phenoxy) is 1. The third kappa shape index (κ3) is 5.30. The van der Waals surface area contributed by atoms with Crippen LogP contribution in [0, 0.1) is 25.2 Å². The fourth-order valence-electron chi connectivity index (χ4n) is 4.30. The number of aromatic nitrogens is 5. The number of alkyl halides is 2. The minimum Gasteiger partial charge on any atom is -0.441 e. The van der Waals surface area contributed by atoms with Gasteiger partial charge in [-0.1, -0.05) is 5.21 Å². The molecule has 4 rings (SSSR count). The lowest BCUT2D eigenvalue weighted by Gasteiger charge is -2.45. The van der Waals surface area contributed by atoms with Crippen LogP contribution in [-0.4, -0.2) is 49.4 Å². The Labute approximate surface area is 216 Å². The molecular weight excluding hydrogens is 505 g/mol. The largest absolute Gasteiger partial charge is 0.441 e. The minimum atomic E-state index is -2.91. The quantitative estimate of drug-likeness (QED) is 0.390. The number of amides is 2. The van der Waals surface area contributed by atoms with Crippen molar-refractivity contribution < 1.29 is 27.5 Å². The highest BCUT2D eigenvalue weighted by Crippen LogP contribution is 2.52. The topological polar surface area (TPSA) is 150 Å². The smallest absolute Gasteiger partial charge is 0.413 e. The first-order valence-electron chi connectivity index (χ1n) is 11.7. The molecule has 0 radical (unpaired) electrons. The van der Waals surface area contributed by atoms with Crippen LogP contribution >= 0.6 is 0 Å². The number of aryl methyl sites for hydroxylation is 3. The van der Waals surface area contributed by atoms with E-state index < -0.39 is 48.2 Å². The Morgan fingerprint density at radius 1 is 1.24 bits per heavy atom. The lowest BCUT2D eigenvalue weighted by molar-refractivity contribution is -0.172. The number of pyridine rings is 2. The third-order valence-corrected chi connectivity index (χ3v) is 6.42. The number of nitrogens with zero attached hydrogens (tertiary/aromatic N) is 5. The summed E-state index contributed by atoms with van der Waals surface area (Å²) < 4.78 is 47.6. The molecule has 38 heavy (non-hydrogen) atoms. The molecule has 3 aromatic rings. The van der Waals surface area contributed by atoms with E-state index in [4.69, 9.17) is 10.5 Å². The fraction of sp³-hybridized carbons (Fsp3) is 0.417. The highest BCUT2D eigenvalue weighted by Gasteiger charge is 2.60. The molecule has 3 aromatic heterocycles. The van der Waals surface area contributed by atoms with Crippen molar-refractivity contribution in [1.82, 2.24) is 25.0 Å². The predicted molar refractivity (Wildman–Crippen MR) is 131 cm³/mol. The number of hydrogen-bond donors (Lipinski definition) is 3. The van der Waals surface area contributed by atoms with Gasteiger partial charge in [-0.15, -0.1) is 5.10 Å². The number of rotatable bonds is 7. The Balaban J connectivity index is 1.48. The van der Waals surface area contributed by atoms with Crippen LogP contribution in [0.1, 0.15) is 42.7 Å². The minimum absolute atomic E-state index is 0.125. The van der Waals surface area contributed by atoms with Crippen LogP contribution in [-0.2, 0) is 16.6 Å². The van der Waals surface area contributed by atoms with Crippen molar-refractivity contribution in [2.45, 2.75) is 45.6 Å². The molecule has 11 nitrogen and oxygen atoms in total. The highest BCUT2D eigenvalue weighted by atomic mass is 19.3. The number of carbonyl (C=O) groups is 2. The molecule has 1 aliphatic carbocycles. The van der Waals surface area contributed by atoms with Crippen LogP contribution in [0.5, 0.6) is 0 Å². The van der Waals surface area contributed by atoms with Gasteiger partial charge in [0.2, 0.25) is 17.8 Å². The van der Waals surface area contributed by atoms with E-state index in [1.165, 1.54) is 29.9 Å². The van der Waals surface area contributed by atoms with Gasteiger partial charge in [-0.05, 0) is 44.5 Å². The molecule has 0 saturated heterocycles. The number of carbonyl (C=O) groups excluding carboxylic acids is 2. The summed E-state index contributed by atoms with van der Waals surface area (Å²) in [5, 5.41) is 13.1. The van der Waals surface area contributed by atoms with Crippen molar-refractivity contribution in [3.8, 4) is 11.4 Å². The van der Waals surface area contributed by atoms with E-state index in [9.17, 15) is 22.8 Å². The average Bonchev–Trinajstić information content (AvgIpc) is 3.19. The van der Waals surface area contributed by atoms with E-state index in [0.29, 0.717) is 22.6 Å². The van der Waals surface area contributed by atoms with Crippen LogP contribution in [0.2, 0.25) is 0 Å². The molecule has 2 amide bonds. The zero-order valence-electron chi connectivity index (χ0n) is 21.2. The van der Waals surface area contributed by atoms with Gasteiger partial charge in [0.25, 0.3) is 0 Å². The normalized spacial score (nSPS) is 16.3. The Kier molecular flexibility index (Phi) is 7.10. The van der Waals surface area contributed by atoms with Crippen LogP contribution < -0.4 is 16.4 Å². The summed E-state index contributed by atoms with van der Waals surface area (Å²) in [6, 6.07) is 4.61. The number of anilines is 2. The maximum atomic E-state index is 14.1. The van der Waals surface area contributed by atoms with E-state index >= 15 is 0 Å². The Morgan fingerprint density at radius 2 is 1.95 bits per heavy atom. The second kappa shape index (κ2) is 10.0. The first-order valence-corrected chi connectivity index (χ1v) is 11.7. The van der Waals surface area contributed by atoms with Crippen molar-refractivity contribution in [3.63, 3.8) is 0 Å². The summed E-state index contributed by atoms with van der Waals surface area (Å²) in [4.78, 5) is 33.3. The van der Waals surface area contributed by atoms with Gasteiger partial charge in [0, 0.05) is 38.2 Å². The van der Waals surface area contributed by atoms with Gasteiger partial charge in [-0.2, -0.15) is 4.39 Å². The van der Waals surface area contributed by atoms with Crippen molar-refractivity contribution >= 4 is 23.5 Å². The molecule has 4 N–H and O–H groups in total. The average molecular weight is 533 g/mol. The molecule has 0 aromatic carbocycles. The summed E-state index contributed by atoms with van der Waals surface area (Å²) in [7, 11) is 1.54. The van der Waals surface area contributed by atoms with E-state index in [2.05, 4.69) is 30.9 Å². The molecule has 1 saturated carbocycles. The lowest BCUT2D eigenvalue weighted by Crippen LogP contribution is -2.57. The SMILES string of the molecule is Cc1cnc(F)c([C@@H](C)OC(=O)Nc2c(-c3ccc(NC(=O)C4(CN)CC(F)(F)C4)c(C)n3)nnn2C)c1. The van der Waals surface area contributed by atoms with Crippen molar-refractivity contribution in [3.05, 3.63) is 47.2 Å². The van der Waals surface area contributed by atoms with E-state index in [1.54, 1.807) is 27.0 Å². The molecule has 0 unspecified atom stereocenters. The Bertz CT molecular complexity index is 1390. The molecule has 202 valence electrons. The Morgan fingerprint density at radius 3 is 2.58 bits per heavy atom. The van der Waals surface area contributed by atoms with Crippen molar-refractivity contribution in [2.24, 2.45) is 18.2 Å². The second-order valence-electron chi connectivity index (χ2n) is 9.45. The van der Waals surface area contributed by atoms with E-state index in [-0.39, 0.29) is 23.6 Å². The van der Waals surface area contributed by atoms with Gasteiger partial charge in [0.15, 0.2) is 11.5 Å². The first-order chi connectivity index (χ1) is 17.8. The van der Waals surface area contributed by atoms with Gasteiger partial charge in [0.1, 0.15) is 6.10 Å². The standard InChI is InChI=1S/C24H27F3N8O3/c1-12-7-15(19(25)29-8-12)14(3)38-22(37)32-20-18(33-34-35(20)4)17-6-5-16(13(2)30-17)31-21(36)23(11-28)9-24(26,27)10-23/h5-8,14H,9-11,28H2,1-4H3,(H,31,36)(H,32,37)/t14-/m1/s1. The monoisotopic (exact) mass is 532 g/mol. The van der Waals surface area contributed by atoms with Gasteiger partial charge in [-0.25, -0.2) is 28.2 Å². The molecule has 1 atom stereocenters. The number of hydrogen-bond acceptors (Lipinski definition) is 8. The van der Waals surface area contributed by atoms with E-state index in [1.807, 2.05) is 0 Å². The molecule has 0 bridgehead atoms. The van der Waals surface area contributed by atoms with Crippen LogP contribution in [0.3, 0.4) is 0 Å². The van der Waals surface area contributed by atoms with E-state index in [0.717, 1.165) is 0 Å². The summed E-state index contributed by atoms with van der Waals surface area (Å²) in [5.41, 5.74) is 6.35. The van der Waals surface area contributed by atoms with Gasteiger partial charge in [-0.3, -0.25) is 10.1 Å². The maximum Gasteiger partial charge on any atom is 0.413 e.